The van der Waals surface area contributed by atoms with Gasteiger partial charge in [-0.25, -0.2) is 9.78 Å². The smallest absolute Gasteiger partial charge is 0.351 e. The van der Waals surface area contributed by atoms with Crippen LogP contribution in [0, 0.1) is 0 Å². The topological polar surface area (TPSA) is 45.7 Å². The lowest BCUT2D eigenvalue weighted by Crippen LogP contribution is -2.37. The summed E-state index contributed by atoms with van der Waals surface area (Å²) in [6.45, 7) is 8.36. The van der Waals surface area contributed by atoms with Crippen LogP contribution in [0.4, 0.5) is 5.13 Å². The molecule has 0 spiro atoms. The summed E-state index contributed by atoms with van der Waals surface area (Å²) in [7, 11) is 1.35. The molecule has 7 heteroatoms. The van der Waals surface area contributed by atoms with Crippen LogP contribution < -0.4 is 4.90 Å². The van der Waals surface area contributed by atoms with Gasteiger partial charge in [-0.3, -0.25) is 4.90 Å². The lowest BCUT2D eigenvalue weighted by Gasteiger charge is -2.25. The minimum atomic E-state index is -0.418. The first kappa shape index (κ1) is 15.5. The van der Waals surface area contributed by atoms with Crippen molar-refractivity contribution in [3.8, 4) is 0 Å². The van der Waals surface area contributed by atoms with Crippen molar-refractivity contribution in [1.82, 2.24) is 9.88 Å². The molecule has 0 amide bonds. The fourth-order valence-corrected chi connectivity index (χ4v) is 3.83. The van der Waals surface area contributed by atoms with Gasteiger partial charge in [0.25, 0.3) is 0 Å². The van der Waals surface area contributed by atoms with Gasteiger partial charge in [0, 0.05) is 19.1 Å². The van der Waals surface area contributed by atoms with E-state index in [-0.39, 0.29) is 5.15 Å². The molecule has 0 N–H and O–H groups in total. The van der Waals surface area contributed by atoms with Crippen molar-refractivity contribution in [2.75, 3.05) is 38.2 Å². The van der Waals surface area contributed by atoms with Crippen LogP contribution in [0.1, 0.15) is 29.9 Å². The Bertz CT molecular complexity index is 476. The summed E-state index contributed by atoms with van der Waals surface area (Å²) < 4.78 is 4.71. The molecule has 2 rings (SSSR count). The van der Waals surface area contributed by atoms with Crippen LogP contribution in [0.15, 0.2) is 0 Å². The van der Waals surface area contributed by atoms with Crippen molar-refractivity contribution < 1.29 is 9.53 Å². The van der Waals surface area contributed by atoms with Crippen molar-refractivity contribution in [2.45, 2.75) is 26.3 Å². The minimum Gasteiger partial charge on any atom is -0.465 e. The number of aromatic nitrogens is 1. The number of rotatable bonds is 5. The second kappa shape index (κ2) is 6.74. The highest BCUT2D eigenvalue weighted by Gasteiger charge is 2.29. The normalized spacial score (nSPS) is 18.9. The third kappa shape index (κ3) is 3.07. The molecule has 2 heterocycles. The molecular weight excluding hydrogens is 298 g/mol. The molecule has 5 nitrogen and oxygen atoms in total. The van der Waals surface area contributed by atoms with Crippen LogP contribution in [0.3, 0.4) is 0 Å². The Morgan fingerprint density at radius 3 is 2.85 bits per heavy atom. The molecule has 1 aromatic rings. The molecule has 20 heavy (non-hydrogen) atoms. The number of carbonyl (C=O) groups is 1. The van der Waals surface area contributed by atoms with Crippen LogP contribution in [0.2, 0.25) is 5.15 Å². The van der Waals surface area contributed by atoms with Gasteiger partial charge in [-0.2, -0.15) is 0 Å². The zero-order chi connectivity index (χ0) is 14.7. The molecule has 112 valence electrons. The Balaban J connectivity index is 2.09. The van der Waals surface area contributed by atoms with Gasteiger partial charge in [0.1, 0.15) is 0 Å². The molecule has 0 radical (unpaired) electrons. The predicted octanol–water partition coefficient (Wildman–Crippen LogP) is 2.50. The molecule has 0 aromatic carbocycles. The number of ether oxygens (including phenoxy) is 1. The summed E-state index contributed by atoms with van der Waals surface area (Å²) in [5.74, 6) is -0.418. The van der Waals surface area contributed by atoms with Crippen molar-refractivity contribution >= 4 is 34.0 Å². The van der Waals surface area contributed by atoms with Gasteiger partial charge in [0.15, 0.2) is 15.2 Å². The van der Waals surface area contributed by atoms with Gasteiger partial charge >= 0.3 is 5.97 Å². The van der Waals surface area contributed by atoms with Gasteiger partial charge < -0.3 is 9.64 Å². The molecule has 1 aromatic heterocycles. The lowest BCUT2D eigenvalue weighted by atomic mass is 10.2. The maximum atomic E-state index is 11.6. The van der Waals surface area contributed by atoms with E-state index in [9.17, 15) is 4.79 Å². The van der Waals surface area contributed by atoms with E-state index in [4.69, 9.17) is 16.3 Å². The number of anilines is 1. The van der Waals surface area contributed by atoms with Crippen molar-refractivity contribution in [2.24, 2.45) is 0 Å². The molecule has 0 bridgehead atoms. The Morgan fingerprint density at radius 1 is 1.55 bits per heavy atom. The maximum Gasteiger partial charge on any atom is 0.351 e. The number of esters is 1. The first-order valence-electron chi connectivity index (χ1n) is 6.84. The second-order valence-electron chi connectivity index (χ2n) is 4.72. The first-order valence-corrected chi connectivity index (χ1v) is 8.03. The van der Waals surface area contributed by atoms with E-state index in [2.05, 4.69) is 28.6 Å². The quantitative estimate of drug-likeness (QED) is 0.781. The van der Waals surface area contributed by atoms with Crippen LogP contribution in [0.25, 0.3) is 0 Å². The van der Waals surface area contributed by atoms with E-state index in [0.717, 1.165) is 37.7 Å². The number of halogens is 1. The Kier molecular flexibility index (Phi) is 5.23. The second-order valence-corrected chi connectivity index (χ2v) is 6.05. The summed E-state index contributed by atoms with van der Waals surface area (Å²) >= 11 is 7.32. The lowest BCUT2D eigenvalue weighted by molar-refractivity contribution is 0.0606. The largest absolute Gasteiger partial charge is 0.465 e. The van der Waals surface area contributed by atoms with Crippen molar-refractivity contribution in [3.05, 3.63) is 10.0 Å². The van der Waals surface area contributed by atoms with Crippen LogP contribution in [0.5, 0.6) is 0 Å². The van der Waals surface area contributed by atoms with E-state index in [1.54, 1.807) is 0 Å². The molecule has 1 fully saturated rings. The van der Waals surface area contributed by atoms with E-state index >= 15 is 0 Å². The highest BCUT2D eigenvalue weighted by atomic mass is 35.5. The fourth-order valence-electron chi connectivity index (χ4n) is 2.60. The highest BCUT2D eigenvalue weighted by molar-refractivity contribution is 7.18. The van der Waals surface area contributed by atoms with E-state index < -0.39 is 5.97 Å². The number of likely N-dealkylation sites (N-methyl/N-ethyl adjacent to an activating group) is 1. The molecule has 1 aliphatic heterocycles. The molecule has 0 saturated carbocycles. The number of nitrogens with zero attached hydrogens (tertiary/aromatic N) is 3. The van der Waals surface area contributed by atoms with Gasteiger partial charge in [-0.1, -0.05) is 36.8 Å². The Hall–Kier alpha value is -0.850. The molecule has 1 unspecified atom stereocenters. The van der Waals surface area contributed by atoms with Crippen molar-refractivity contribution in [1.29, 1.82) is 0 Å². The zero-order valence-electron chi connectivity index (χ0n) is 12.1. The van der Waals surface area contributed by atoms with E-state index in [0.29, 0.717) is 10.9 Å². The minimum absolute atomic E-state index is 0.239. The molecule has 0 aliphatic carbocycles. The first-order chi connectivity index (χ1) is 9.60. The SMILES string of the molecule is CCN(CC)C1CCN(c2nc(Cl)c(C(=O)OC)s2)C1. The third-order valence-electron chi connectivity index (χ3n) is 3.71. The zero-order valence-corrected chi connectivity index (χ0v) is 13.6. The van der Waals surface area contributed by atoms with Crippen LogP contribution >= 0.6 is 22.9 Å². The maximum absolute atomic E-state index is 11.6. The fraction of sp³-hybridized carbons (Fsp3) is 0.692. The summed E-state index contributed by atoms with van der Waals surface area (Å²) in [5.41, 5.74) is 0. The van der Waals surface area contributed by atoms with E-state index in [1.165, 1.54) is 18.4 Å². The van der Waals surface area contributed by atoms with Crippen molar-refractivity contribution in [3.63, 3.8) is 0 Å². The summed E-state index contributed by atoms with van der Waals surface area (Å²) in [6.07, 6.45) is 1.12. The number of hydrogen-bond donors (Lipinski definition) is 0. The number of carbonyl (C=O) groups excluding carboxylic acids is 1. The van der Waals surface area contributed by atoms with Gasteiger partial charge in [-0.15, -0.1) is 0 Å². The average Bonchev–Trinajstić information content (AvgIpc) is 3.06. The van der Waals surface area contributed by atoms with Crippen LogP contribution in [-0.2, 0) is 4.74 Å². The molecule has 1 aliphatic rings. The van der Waals surface area contributed by atoms with Gasteiger partial charge in [0.2, 0.25) is 0 Å². The Morgan fingerprint density at radius 2 is 2.25 bits per heavy atom. The summed E-state index contributed by atoms with van der Waals surface area (Å²) in [5, 5.41) is 1.05. The van der Waals surface area contributed by atoms with Crippen LogP contribution in [-0.4, -0.2) is 55.2 Å². The monoisotopic (exact) mass is 317 g/mol. The third-order valence-corrected chi connectivity index (χ3v) is 5.19. The molecule has 1 saturated heterocycles. The molecule has 1 atom stereocenters. The number of hydrogen-bond acceptors (Lipinski definition) is 6. The summed E-state index contributed by atoms with van der Waals surface area (Å²) in [4.78, 5) is 20.9. The number of methoxy groups -OCH3 is 1. The predicted molar refractivity (Wildman–Crippen MR) is 82.0 cm³/mol. The average molecular weight is 318 g/mol. The van der Waals surface area contributed by atoms with Gasteiger partial charge in [-0.05, 0) is 19.5 Å². The Labute approximate surface area is 128 Å². The highest BCUT2D eigenvalue weighted by Crippen LogP contribution is 2.32. The summed E-state index contributed by atoms with van der Waals surface area (Å²) in [6, 6.07) is 0.550. The van der Waals surface area contributed by atoms with Gasteiger partial charge in [0.05, 0.1) is 7.11 Å². The number of thiazole rings is 1. The molecular formula is C13H20ClN3O2S. The van der Waals surface area contributed by atoms with E-state index in [1.807, 2.05) is 0 Å². The standard InChI is InChI=1S/C13H20ClN3O2S/c1-4-16(5-2)9-6-7-17(8-9)13-15-11(14)10(20-13)12(18)19-3/h9H,4-8H2,1-3H3.